The monoisotopic (exact) mass is 306 g/mol. The fourth-order valence-electron chi connectivity index (χ4n) is 1.41. The zero-order chi connectivity index (χ0) is 14.6. The number of nitrogens with one attached hydrogen (secondary N) is 2. The van der Waals surface area contributed by atoms with Crippen LogP contribution in [0.15, 0.2) is 12.1 Å². The number of halogens is 3. The van der Waals surface area contributed by atoms with Crippen LogP contribution in [-0.4, -0.2) is 18.5 Å². The molecule has 1 rings (SSSR count). The number of benzene rings is 1. The molecule has 6 heteroatoms. The van der Waals surface area contributed by atoms with Crippen molar-refractivity contribution in [3.8, 4) is 0 Å². The van der Waals surface area contributed by atoms with Crippen molar-refractivity contribution in [3.05, 3.63) is 28.0 Å². The zero-order valence-corrected chi connectivity index (χ0v) is 12.6. The molecule has 0 fully saturated rings. The van der Waals surface area contributed by atoms with Gasteiger partial charge in [-0.1, -0.05) is 37.0 Å². The highest BCUT2D eigenvalue weighted by Crippen LogP contribution is 2.27. The second-order valence-electron chi connectivity index (χ2n) is 4.76. The van der Waals surface area contributed by atoms with Gasteiger partial charge in [0.05, 0.1) is 10.0 Å². The average Bonchev–Trinajstić information content (AvgIpc) is 2.32. The van der Waals surface area contributed by atoms with Gasteiger partial charge in [-0.15, -0.1) is 0 Å². The number of hydrogen-bond donors (Lipinski definition) is 2. The predicted molar refractivity (Wildman–Crippen MR) is 77.4 cm³/mol. The maximum absolute atomic E-state index is 13.2. The molecule has 19 heavy (non-hydrogen) atoms. The van der Waals surface area contributed by atoms with Crippen LogP contribution in [0.1, 0.15) is 20.8 Å². The van der Waals surface area contributed by atoms with Crippen molar-refractivity contribution in [3.63, 3.8) is 0 Å². The van der Waals surface area contributed by atoms with E-state index in [0.717, 1.165) is 0 Å². The van der Waals surface area contributed by atoms with Gasteiger partial charge < -0.3 is 10.6 Å². The first-order valence-electron chi connectivity index (χ1n) is 6.00. The molecule has 106 valence electrons. The van der Waals surface area contributed by atoms with E-state index in [1.807, 2.05) is 13.8 Å². The van der Waals surface area contributed by atoms with Crippen LogP contribution in [0.5, 0.6) is 0 Å². The maximum atomic E-state index is 13.2. The molecule has 2 N–H and O–H groups in total. The Hall–Kier alpha value is -1.00. The largest absolute Gasteiger partial charge is 0.374 e. The van der Waals surface area contributed by atoms with Crippen LogP contribution in [-0.2, 0) is 4.79 Å². The summed E-state index contributed by atoms with van der Waals surface area (Å²) in [7, 11) is 0. The molecule has 0 bridgehead atoms. The van der Waals surface area contributed by atoms with Gasteiger partial charge in [-0.05, 0) is 25.0 Å². The predicted octanol–water partition coefficient (Wildman–Crippen LogP) is 3.71. The Morgan fingerprint density at radius 2 is 1.79 bits per heavy atom. The number of anilines is 1. The lowest BCUT2D eigenvalue weighted by Gasteiger charge is -2.16. The van der Waals surface area contributed by atoms with E-state index in [2.05, 4.69) is 10.6 Å². The van der Waals surface area contributed by atoms with E-state index >= 15 is 0 Å². The molecule has 1 amide bonds. The van der Waals surface area contributed by atoms with E-state index in [4.69, 9.17) is 23.2 Å². The summed E-state index contributed by atoms with van der Waals surface area (Å²) in [6.45, 7) is 6.34. The highest BCUT2D eigenvalue weighted by Gasteiger charge is 2.14. The molecular formula is C13H17Cl2FN2O. The van der Waals surface area contributed by atoms with Gasteiger partial charge in [0.1, 0.15) is 6.04 Å². The van der Waals surface area contributed by atoms with Gasteiger partial charge in [-0.2, -0.15) is 0 Å². The molecule has 1 atom stereocenters. The lowest BCUT2D eigenvalue weighted by Crippen LogP contribution is -2.39. The van der Waals surface area contributed by atoms with Gasteiger partial charge >= 0.3 is 0 Å². The van der Waals surface area contributed by atoms with Crippen molar-refractivity contribution >= 4 is 34.8 Å². The first-order chi connectivity index (χ1) is 8.81. The second kappa shape index (κ2) is 6.96. The topological polar surface area (TPSA) is 41.1 Å². The number of amides is 1. The van der Waals surface area contributed by atoms with Crippen molar-refractivity contribution in [1.29, 1.82) is 0 Å². The minimum atomic E-state index is -0.661. The van der Waals surface area contributed by atoms with Crippen molar-refractivity contribution in [2.24, 2.45) is 5.92 Å². The highest BCUT2D eigenvalue weighted by atomic mass is 35.5. The molecule has 0 aromatic heterocycles. The molecule has 0 aliphatic heterocycles. The SMILES string of the molecule is CC(C)CNC(=O)C(C)Nc1cc(Cl)c(F)c(Cl)c1. The molecular weight excluding hydrogens is 290 g/mol. The maximum Gasteiger partial charge on any atom is 0.242 e. The molecule has 3 nitrogen and oxygen atoms in total. The minimum Gasteiger partial charge on any atom is -0.374 e. The highest BCUT2D eigenvalue weighted by molar-refractivity contribution is 6.35. The van der Waals surface area contributed by atoms with Crippen LogP contribution in [0.25, 0.3) is 0 Å². The van der Waals surface area contributed by atoms with Gasteiger partial charge in [-0.25, -0.2) is 4.39 Å². The van der Waals surface area contributed by atoms with E-state index in [9.17, 15) is 9.18 Å². The van der Waals surface area contributed by atoms with Crippen LogP contribution in [0.2, 0.25) is 10.0 Å². The first-order valence-corrected chi connectivity index (χ1v) is 6.75. The molecule has 0 spiro atoms. The molecule has 0 aliphatic carbocycles. The quantitative estimate of drug-likeness (QED) is 0.814. The van der Waals surface area contributed by atoms with Gasteiger partial charge in [0, 0.05) is 12.2 Å². The van der Waals surface area contributed by atoms with E-state index in [1.54, 1.807) is 6.92 Å². The number of hydrogen-bond acceptors (Lipinski definition) is 2. The molecule has 0 saturated heterocycles. The van der Waals surface area contributed by atoms with Crippen LogP contribution < -0.4 is 10.6 Å². The van der Waals surface area contributed by atoms with E-state index in [-0.39, 0.29) is 16.0 Å². The second-order valence-corrected chi connectivity index (χ2v) is 5.57. The van der Waals surface area contributed by atoms with Gasteiger partial charge in [0.25, 0.3) is 0 Å². The van der Waals surface area contributed by atoms with Crippen LogP contribution in [0.3, 0.4) is 0 Å². The third kappa shape index (κ3) is 4.88. The molecule has 0 radical (unpaired) electrons. The summed E-state index contributed by atoms with van der Waals surface area (Å²) in [5, 5.41) is 5.57. The van der Waals surface area contributed by atoms with Crippen molar-refractivity contribution in [2.45, 2.75) is 26.8 Å². The summed E-state index contributed by atoms with van der Waals surface area (Å²) in [6.07, 6.45) is 0. The number of rotatable bonds is 5. The Bertz CT molecular complexity index is 443. The summed E-state index contributed by atoms with van der Waals surface area (Å²) in [4.78, 5) is 11.8. The first kappa shape index (κ1) is 16.1. The summed E-state index contributed by atoms with van der Waals surface area (Å²) in [5.41, 5.74) is 0.503. The molecule has 1 unspecified atom stereocenters. The standard InChI is InChI=1S/C13H17Cl2FN2O/c1-7(2)6-17-13(19)8(3)18-9-4-10(14)12(16)11(15)5-9/h4-5,7-8,18H,6H2,1-3H3,(H,17,19). The molecule has 1 aromatic rings. The Morgan fingerprint density at radius 1 is 1.26 bits per heavy atom. The summed E-state index contributed by atoms with van der Waals surface area (Å²) in [5.74, 6) is -0.415. The summed E-state index contributed by atoms with van der Waals surface area (Å²) >= 11 is 11.4. The fraction of sp³-hybridized carbons (Fsp3) is 0.462. The fourth-order valence-corrected chi connectivity index (χ4v) is 1.90. The van der Waals surface area contributed by atoms with Crippen molar-refractivity contribution in [2.75, 3.05) is 11.9 Å². The normalized spacial score (nSPS) is 12.4. The lowest BCUT2D eigenvalue weighted by molar-refractivity contribution is -0.121. The van der Waals surface area contributed by atoms with E-state index < -0.39 is 11.9 Å². The minimum absolute atomic E-state index is 0.0789. The average molecular weight is 307 g/mol. The number of carbonyl (C=O) groups excluding carboxylic acids is 1. The number of carbonyl (C=O) groups is 1. The third-order valence-electron chi connectivity index (χ3n) is 2.44. The molecule has 0 aliphatic rings. The lowest BCUT2D eigenvalue weighted by atomic mass is 10.2. The summed E-state index contributed by atoms with van der Waals surface area (Å²) < 4.78 is 13.2. The third-order valence-corrected chi connectivity index (χ3v) is 2.99. The van der Waals surface area contributed by atoms with E-state index in [1.165, 1.54) is 12.1 Å². The van der Waals surface area contributed by atoms with Gasteiger partial charge in [-0.3, -0.25) is 4.79 Å². The van der Waals surface area contributed by atoms with Crippen LogP contribution >= 0.6 is 23.2 Å². The molecule has 1 aromatic carbocycles. The smallest absolute Gasteiger partial charge is 0.242 e. The van der Waals surface area contributed by atoms with Gasteiger partial charge in [0.15, 0.2) is 5.82 Å². The van der Waals surface area contributed by atoms with E-state index in [0.29, 0.717) is 18.2 Å². The van der Waals surface area contributed by atoms with Crippen LogP contribution in [0, 0.1) is 11.7 Å². The summed E-state index contributed by atoms with van der Waals surface area (Å²) in [6, 6.07) is 2.33. The van der Waals surface area contributed by atoms with Crippen molar-refractivity contribution < 1.29 is 9.18 Å². The van der Waals surface area contributed by atoms with Crippen molar-refractivity contribution in [1.82, 2.24) is 5.32 Å². The zero-order valence-electron chi connectivity index (χ0n) is 11.1. The Kier molecular flexibility index (Phi) is 5.88. The molecule has 0 saturated carbocycles. The van der Waals surface area contributed by atoms with Crippen LogP contribution in [0.4, 0.5) is 10.1 Å². The van der Waals surface area contributed by atoms with Gasteiger partial charge in [0.2, 0.25) is 5.91 Å². The Labute approximate surface area is 122 Å². The Morgan fingerprint density at radius 3 is 2.26 bits per heavy atom. The Balaban J connectivity index is 2.66. The molecule has 0 heterocycles.